The molecule has 2 aliphatic heterocycles. The number of carbonyl (C=O) groups is 1. The Morgan fingerprint density at radius 2 is 2.25 bits per heavy atom. The van der Waals surface area contributed by atoms with E-state index < -0.39 is 0 Å². The van der Waals surface area contributed by atoms with Gasteiger partial charge in [0, 0.05) is 32.1 Å². The van der Waals surface area contributed by atoms with Gasteiger partial charge in [0.25, 0.3) is 5.56 Å². The van der Waals surface area contributed by atoms with Crippen LogP contribution in [0, 0.1) is 12.8 Å². The second-order valence-corrected chi connectivity index (χ2v) is 5.80. The van der Waals surface area contributed by atoms with Crippen LogP contribution in [0.25, 0.3) is 0 Å². The van der Waals surface area contributed by atoms with Gasteiger partial charge in [-0.3, -0.25) is 9.59 Å². The van der Waals surface area contributed by atoms with Crippen molar-refractivity contribution in [2.24, 2.45) is 5.92 Å². The standard InChI is InChI=1S/C14H20N4O2/c1-9-12(6-15-16-14(9)20)17-7-11-4-3-5-18(10(2)19)13(11)8-17/h6,11,13H,3-5,7-8H2,1-2H3,(H,16,20)/t11-,13+/m1/s1. The van der Waals surface area contributed by atoms with Crippen LogP contribution in [0.5, 0.6) is 0 Å². The van der Waals surface area contributed by atoms with Crippen LogP contribution in [-0.4, -0.2) is 46.7 Å². The molecule has 2 fully saturated rings. The number of nitrogens with one attached hydrogen (secondary N) is 1. The fraction of sp³-hybridized carbons (Fsp3) is 0.643. The molecule has 0 bridgehead atoms. The topological polar surface area (TPSA) is 69.3 Å². The second-order valence-electron chi connectivity index (χ2n) is 5.80. The van der Waals surface area contributed by atoms with Crippen molar-refractivity contribution in [2.45, 2.75) is 32.7 Å². The molecule has 2 aliphatic rings. The van der Waals surface area contributed by atoms with Crippen molar-refractivity contribution < 1.29 is 4.79 Å². The van der Waals surface area contributed by atoms with Gasteiger partial charge in [-0.15, -0.1) is 0 Å². The van der Waals surface area contributed by atoms with Crippen molar-refractivity contribution in [3.8, 4) is 0 Å². The zero-order chi connectivity index (χ0) is 14.3. The van der Waals surface area contributed by atoms with E-state index in [0.29, 0.717) is 11.5 Å². The Balaban J connectivity index is 1.87. The Hall–Kier alpha value is -1.85. The van der Waals surface area contributed by atoms with E-state index in [1.165, 1.54) is 0 Å². The average molecular weight is 276 g/mol. The van der Waals surface area contributed by atoms with Crippen molar-refractivity contribution in [1.29, 1.82) is 0 Å². The third kappa shape index (κ3) is 2.09. The molecule has 0 aromatic carbocycles. The number of nitrogens with zero attached hydrogens (tertiary/aromatic N) is 3. The van der Waals surface area contributed by atoms with Gasteiger partial charge in [0.1, 0.15) is 0 Å². The molecule has 2 atom stereocenters. The smallest absolute Gasteiger partial charge is 0.269 e. The van der Waals surface area contributed by atoms with Gasteiger partial charge in [-0.25, -0.2) is 5.10 Å². The Morgan fingerprint density at radius 1 is 1.45 bits per heavy atom. The Bertz CT molecular complexity index is 583. The van der Waals surface area contributed by atoms with Crippen LogP contribution >= 0.6 is 0 Å². The monoisotopic (exact) mass is 276 g/mol. The quantitative estimate of drug-likeness (QED) is 0.812. The average Bonchev–Trinajstić information content (AvgIpc) is 2.84. The summed E-state index contributed by atoms with van der Waals surface area (Å²) in [5.74, 6) is 0.661. The van der Waals surface area contributed by atoms with Crippen LogP contribution in [0.1, 0.15) is 25.3 Å². The third-order valence-electron chi connectivity index (χ3n) is 4.60. The fourth-order valence-electron chi connectivity index (χ4n) is 3.54. The Morgan fingerprint density at radius 3 is 3.00 bits per heavy atom. The van der Waals surface area contributed by atoms with E-state index >= 15 is 0 Å². The molecule has 1 aromatic heterocycles. The molecule has 3 rings (SSSR count). The van der Waals surface area contributed by atoms with Gasteiger partial charge >= 0.3 is 0 Å². The van der Waals surface area contributed by atoms with Gasteiger partial charge in [-0.05, 0) is 25.7 Å². The first-order chi connectivity index (χ1) is 9.58. The highest BCUT2D eigenvalue weighted by molar-refractivity contribution is 5.74. The highest BCUT2D eigenvalue weighted by Crippen LogP contribution is 2.33. The Kier molecular flexibility index (Phi) is 3.23. The van der Waals surface area contributed by atoms with Crippen LogP contribution in [0.15, 0.2) is 11.0 Å². The number of aromatic amines is 1. The lowest BCUT2D eigenvalue weighted by molar-refractivity contribution is -0.132. The van der Waals surface area contributed by atoms with E-state index in [2.05, 4.69) is 15.1 Å². The largest absolute Gasteiger partial charge is 0.367 e. The SMILES string of the molecule is CC(=O)N1CCC[C@@H]2CN(c3cn[nH]c(=O)c3C)C[C@@H]21. The van der Waals surface area contributed by atoms with Crippen molar-refractivity contribution in [2.75, 3.05) is 24.5 Å². The lowest BCUT2D eigenvalue weighted by Crippen LogP contribution is -2.47. The van der Waals surface area contributed by atoms with E-state index in [-0.39, 0.29) is 17.5 Å². The summed E-state index contributed by atoms with van der Waals surface area (Å²) in [7, 11) is 0. The van der Waals surface area contributed by atoms with Crippen LogP contribution in [-0.2, 0) is 4.79 Å². The molecule has 1 amide bonds. The number of hydrogen-bond donors (Lipinski definition) is 1. The van der Waals surface area contributed by atoms with E-state index in [9.17, 15) is 9.59 Å². The lowest BCUT2D eigenvalue weighted by atomic mass is 9.92. The molecule has 6 heteroatoms. The summed E-state index contributed by atoms with van der Waals surface area (Å²) in [4.78, 5) is 27.6. The summed E-state index contributed by atoms with van der Waals surface area (Å²) >= 11 is 0. The summed E-state index contributed by atoms with van der Waals surface area (Å²) in [6, 6.07) is 0.278. The maximum absolute atomic E-state index is 11.7. The number of fused-ring (bicyclic) bond motifs is 1. The first-order valence-electron chi connectivity index (χ1n) is 7.14. The van der Waals surface area contributed by atoms with Gasteiger partial charge in [0.15, 0.2) is 0 Å². The molecular weight excluding hydrogens is 256 g/mol. The Labute approximate surface area is 117 Å². The number of carbonyl (C=O) groups excluding carboxylic acids is 1. The minimum absolute atomic E-state index is 0.138. The van der Waals surface area contributed by atoms with Crippen LogP contribution < -0.4 is 10.5 Å². The zero-order valence-electron chi connectivity index (χ0n) is 11.9. The van der Waals surface area contributed by atoms with E-state index in [1.54, 1.807) is 13.1 Å². The van der Waals surface area contributed by atoms with Crippen LogP contribution in [0.4, 0.5) is 5.69 Å². The molecule has 0 aliphatic carbocycles. The van der Waals surface area contributed by atoms with Gasteiger partial charge in [0.05, 0.1) is 17.9 Å². The lowest BCUT2D eigenvalue weighted by Gasteiger charge is -2.36. The number of aromatic nitrogens is 2. The van der Waals surface area contributed by atoms with E-state index in [4.69, 9.17) is 0 Å². The maximum Gasteiger partial charge on any atom is 0.269 e. The van der Waals surface area contributed by atoms with Gasteiger partial charge in [0.2, 0.25) is 5.91 Å². The summed E-state index contributed by atoms with van der Waals surface area (Å²) in [6.45, 7) is 6.03. The van der Waals surface area contributed by atoms with Gasteiger partial charge in [-0.1, -0.05) is 0 Å². The summed E-state index contributed by atoms with van der Waals surface area (Å²) in [5, 5.41) is 6.36. The predicted molar refractivity (Wildman–Crippen MR) is 75.7 cm³/mol. The van der Waals surface area contributed by atoms with Gasteiger partial charge < -0.3 is 9.80 Å². The van der Waals surface area contributed by atoms with Crippen molar-refractivity contribution in [3.63, 3.8) is 0 Å². The summed E-state index contributed by atoms with van der Waals surface area (Å²) in [5.41, 5.74) is 1.46. The molecule has 3 heterocycles. The molecule has 2 saturated heterocycles. The first-order valence-corrected chi connectivity index (χ1v) is 7.14. The first kappa shape index (κ1) is 13.1. The predicted octanol–water partition coefficient (Wildman–Crippen LogP) is 0.525. The van der Waals surface area contributed by atoms with Crippen LogP contribution in [0.2, 0.25) is 0 Å². The number of H-pyrrole nitrogens is 1. The minimum atomic E-state index is -0.138. The number of anilines is 1. The molecule has 1 aromatic rings. The number of piperidine rings is 1. The van der Waals surface area contributed by atoms with Crippen molar-refractivity contribution >= 4 is 11.6 Å². The molecule has 6 nitrogen and oxygen atoms in total. The zero-order valence-corrected chi connectivity index (χ0v) is 11.9. The summed E-state index contributed by atoms with van der Waals surface area (Å²) < 4.78 is 0. The fourth-order valence-corrected chi connectivity index (χ4v) is 3.54. The van der Waals surface area contributed by atoms with E-state index in [0.717, 1.165) is 38.2 Å². The molecule has 0 unspecified atom stereocenters. The van der Waals surface area contributed by atoms with Gasteiger partial charge in [-0.2, -0.15) is 5.10 Å². The van der Waals surface area contributed by atoms with E-state index in [1.807, 2.05) is 11.8 Å². The molecule has 108 valence electrons. The molecule has 0 saturated carbocycles. The second kappa shape index (κ2) is 4.92. The number of amides is 1. The minimum Gasteiger partial charge on any atom is -0.367 e. The molecule has 20 heavy (non-hydrogen) atoms. The maximum atomic E-state index is 11.7. The molecular formula is C14H20N4O2. The normalized spacial score (nSPS) is 25.7. The molecule has 0 spiro atoms. The number of rotatable bonds is 1. The molecule has 1 N–H and O–H groups in total. The number of likely N-dealkylation sites (tertiary alicyclic amines) is 1. The van der Waals surface area contributed by atoms with Crippen molar-refractivity contribution in [1.82, 2.24) is 15.1 Å². The van der Waals surface area contributed by atoms with Crippen molar-refractivity contribution in [3.05, 3.63) is 22.1 Å². The third-order valence-corrected chi connectivity index (χ3v) is 4.60. The van der Waals surface area contributed by atoms with Crippen LogP contribution in [0.3, 0.4) is 0 Å². The molecule has 0 radical (unpaired) electrons. The summed E-state index contributed by atoms with van der Waals surface area (Å²) in [6.07, 6.45) is 3.94. The highest BCUT2D eigenvalue weighted by atomic mass is 16.2. The highest BCUT2D eigenvalue weighted by Gasteiger charge is 2.40. The number of hydrogen-bond acceptors (Lipinski definition) is 4.